The van der Waals surface area contributed by atoms with Crippen molar-refractivity contribution >= 4 is 21.4 Å². The molecule has 1 nitrogen and oxygen atoms in total. The highest BCUT2D eigenvalue weighted by molar-refractivity contribution is 7.17. The SMILES string of the molecule is CCCCCCCC(O)c1cccc2ccsc12. The van der Waals surface area contributed by atoms with Crippen LogP contribution in [0, 0.1) is 0 Å². The second-order valence-corrected chi connectivity index (χ2v) is 5.82. The first-order chi connectivity index (χ1) is 8.83. The van der Waals surface area contributed by atoms with Gasteiger partial charge in [-0.2, -0.15) is 0 Å². The summed E-state index contributed by atoms with van der Waals surface area (Å²) < 4.78 is 1.25. The van der Waals surface area contributed by atoms with Crippen LogP contribution in [0.3, 0.4) is 0 Å². The number of aliphatic hydroxyl groups is 1. The van der Waals surface area contributed by atoms with Gasteiger partial charge in [0.25, 0.3) is 0 Å². The van der Waals surface area contributed by atoms with Crippen molar-refractivity contribution in [2.24, 2.45) is 0 Å². The molecule has 98 valence electrons. The summed E-state index contributed by atoms with van der Waals surface area (Å²) in [6, 6.07) is 8.35. The third kappa shape index (κ3) is 3.33. The van der Waals surface area contributed by atoms with E-state index in [-0.39, 0.29) is 6.10 Å². The topological polar surface area (TPSA) is 20.2 Å². The number of fused-ring (bicyclic) bond motifs is 1. The van der Waals surface area contributed by atoms with E-state index in [1.165, 1.54) is 35.8 Å². The summed E-state index contributed by atoms with van der Waals surface area (Å²) >= 11 is 1.73. The molecule has 0 saturated carbocycles. The molecule has 0 aliphatic carbocycles. The molecule has 2 rings (SSSR count). The van der Waals surface area contributed by atoms with Gasteiger partial charge in [0.1, 0.15) is 0 Å². The van der Waals surface area contributed by atoms with Gasteiger partial charge < -0.3 is 5.11 Å². The normalized spacial score (nSPS) is 13.0. The highest BCUT2D eigenvalue weighted by Crippen LogP contribution is 2.31. The first kappa shape index (κ1) is 13.6. The molecular weight excluding hydrogens is 240 g/mol. The second-order valence-electron chi connectivity index (χ2n) is 4.90. The van der Waals surface area contributed by atoms with Gasteiger partial charge in [0.15, 0.2) is 0 Å². The molecule has 0 aliphatic rings. The first-order valence-electron chi connectivity index (χ1n) is 6.97. The van der Waals surface area contributed by atoms with E-state index in [0.717, 1.165) is 18.4 Å². The van der Waals surface area contributed by atoms with Crippen LogP contribution < -0.4 is 0 Å². The summed E-state index contributed by atoms with van der Waals surface area (Å²) in [4.78, 5) is 0. The standard InChI is InChI=1S/C16H22OS/c1-2-3-4-5-6-10-15(17)14-9-7-8-13-11-12-18-16(13)14/h7-9,11-12,15,17H,2-6,10H2,1H3. The number of hydrogen-bond donors (Lipinski definition) is 1. The molecule has 0 amide bonds. The van der Waals surface area contributed by atoms with Crippen LogP contribution in [0.4, 0.5) is 0 Å². The van der Waals surface area contributed by atoms with Gasteiger partial charge in [0.05, 0.1) is 6.10 Å². The molecule has 1 atom stereocenters. The molecule has 0 saturated heterocycles. The van der Waals surface area contributed by atoms with Crippen molar-refractivity contribution < 1.29 is 5.11 Å². The Morgan fingerprint density at radius 2 is 1.94 bits per heavy atom. The Hall–Kier alpha value is -0.860. The Labute approximate surface area is 113 Å². The van der Waals surface area contributed by atoms with Crippen LogP contribution in [0.2, 0.25) is 0 Å². The Bertz CT molecular complexity index is 475. The zero-order valence-electron chi connectivity index (χ0n) is 11.1. The number of unbranched alkanes of at least 4 members (excludes halogenated alkanes) is 4. The van der Waals surface area contributed by atoms with Gasteiger partial charge in [-0.25, -0.2) is 0 Å². The maximum Gasteiger partial charge on any atom is 0.0803 e. The monoisotopic (exact) mass is 262 g/mol. The lowest BCUT2D eigenvalue weighted by atomic mass is 10.0. The summed E-state index contributed by atoms with van der Waals surface area (Å²) in [6.07, 6.45) is 6.85. The minimum atomic E-state index is -0.297. The number of hydrogen-bond acceptors (Lipinski definition) is 2. The third-order valence-corrected chi connectivity index (χ3v) is 4.43. The predicted octanol–water partition coefficient (Wildman–Crippen LogP) is 5.30. The number of rotatable bonds is 7. The molecule has 0 aliphatic heterocycles. The van der Waals surface area contributed by atoms with Gasteiger partial charge in [0, 0.05) is 4.70 Å². The summed E-state index contributed by atoms with van der Waals surface area (Å²) in [5.74, 6) is 0. The Morgan fingerprint density at radius 3 is 2.78 bits per heavy atom. The van der Waals surface area contributed by atoms with Crippen LogP contribution in [0.15, 0.2) is 29.6 Å². The summed E-state index contributed by atoms with van der Waals surface area (Å²) in [5.41, 5.74) is 1.11. The van der Waals surface area contributed by atoms with E-state index in [9.17, 15) is 5.11 Å². The lowest BCUT2D eigenvalue weighted by Crippen LogP contribution is -1.97. The van der Waals surface area contributed by atoms with Crippen molar-refractivity contribution in [1.82, 2.24) is 0 Å². The largest absolute Gasteiger partial charge is 0.388 e. The number of aliphatic hydroxyl groups excluding tert-OH is 1. The molecule has 1 aromatic carbocycles. The van der Waals surface area contributed by atoms with E-state index >= 15 is 0 Å². The van der Waals surface area contributed by atoms with Crippen LogP contribution in [0.1, 0.15) is 57.1 Å². The zero-order valence-corrected chi connectivity index (χ0v) is 11.9. The van der Waals surface area contributed by atoms with Crippen molar-refractivity contribution in [1.29, 1.82) is 0 Å². The van der Waals surface area contributed by atoms with E-state index in [0.29, 0.717) is 0 Å². The average Bonchev–Trinajstić information content (AvgIpc) is 2.86. The molecule has 0 radical (unpaired) electrons. The predicted molar refractivity (Wildman–Crippen MR) is 80.2 cm³/mol. The van der Waals surface area contributed by atoms with Gasteiger partial charge >= 0.3 is 0 Å². The van der Waals surface area contributed by atoms with Gasteiger partial charge in [-0.15, -0.1) is 11.3 Å². The lowest BCUT2D eigenvalue weighted by Gasteiger charge is -2.11. The van der Waals surface area contributed by atoms with Crippen LogP contribution in [-0.4, -0.2) is 5.11 Å². The van der Waals surface area contributed by atoms with E-state index in [2.05, 4.69) is 30.5 Å². The second kappa shape index (κ2) is 6.91. The van der Waals surface area contributed by atoms with Crippen molar-refractivity contribution in [2.75, 3.05) is 0 Å². The summed E-state index contributed by atoms with van der Waals surface area (Å²) in [7, 11) is 0. The third-order valence-electron chi connectivity index (χ3n) is 3.45. The summed E-state index contributed by atoms with van der Waals surface area (Å²) in [5, 5.41) is 13.7. The Balaban J connectivity index is 1.92. The van der Waals surface area contributed by atoms with E-state index < -0.39 is 0 Å². The molecular formula is C16H22OS. The Morgan fingerprint density at radius 1 is 1.11 bits per heavy atom. The molecule has 2 aromatic rings. The fourth-order valence-corrected chi connectivity index (χ4v) is 3.34. The quantitative estimate of drug-likeness (QED) is 0.672. The van der Waals surface area contributed by atoms with Gasteiger partial charge in [-0.05, 0) is 28.8 Å². The van der Waals surface area contributed by atoms with Gasteiger partial charge in [-0.3, -0.25) is 0 Å². The smallest absolute Gasteiger partial charge is 0.0803 e. The molecule has 18 heavy (non-hydrogen) atoms. The van der Waals surface area contributed by atoms with Crippen LogP contribution >= 0.6 is 11.3 Å². The van der Waals surface area contributed by atoms with Gasteiger partial charge in [0.2, 0.25) is 0 Å². The minimum absolute atomic E-state index is 0.297. The number of benzene rings is 1. The number of thiophene rings is 1. The van der Waals surface area contributed by atoms with Crippen LogP contribution in [0.5, 0.6) is 0 Å². The molecule has 1 N–H and O–H groups in total. The van der Waals surface area contributed by atoms with Gasteiger partial charge in [-0.1, -0.05) is 57.2 Å². The lowest BCUT2D eigenvalue weighted by molar-refractivity contribution is 0.165. The Kier molecular flexibility index (Phi) is 5.21. The van der Waals surface area contributed by atoms with Crippen molar-refractivity contribution in [3.05, 3.63) is 35.2 Å². The zero-order chi connectivity index (χ0) is 12.8. The highest BCUT2D eigenvalue weighted by atomic mass is 32.1. The fraction of sp³-hybridized carbons (Fsp3) is 0.500. The van der Waals surface area contributed by atoms with E-state index in [4.69, 9.17) is 0 Å². The van der Waals surface area contributed by atoms with E-state index in [1.54, 1.807) is 11.3 Å². The highest BCUT2D eigenvalue weighted by Gasteiger charge is 2.11. The van der Waals surface area contributed by atoms with E-state index in [1.807, 2.05) is 6.07 Å². The maximum atomic E-state index is 10.3. The molecule has 1 heterocycles. The van der Waals surface area contributed by atoms with Crippen LogP contribution in [0.25, 0.3) is 10.1 Å². The summed E-state index contributed by atoms with van der Waals surface area (Å²) in [6.45, 7) is 2.23. The molecule has 0 fully saturated rings. The first-order valence-corrected chi connectivity index (χ1v) is 7.85. The molecule has 1 aromatic heterocycles. The molecule has 1 unspecified atom stereocenters. The molecule has 2 heteroatoms. The van der Waals surface area contributed by atoms with Crippen LogP contribution in [-0.2, 0) is 0 Å². The van der Waals surface area contributed by atoms with Crippen molar-refractivity contribution in [3.8, 4) is 0 Å². The fourth-order valence-electron chi connectivity index (χ4n) is 2.38. The van der Waals surface area contributed by atoms with Crippen molar-refractivity contribution in [3.63, 3.8) is 0 Å². The molecule has 0 bridgehead atoms. The van der Waals surface area contributed by atoms with Crippen molar-refractivity contribution in [2.45, 2.75) is 51.6 Å². The molecule has 0 spiro atoms. The maximum absolute atomic E-state index is 10.3. The average molecular weight is 262 g/mol. The minimum Gasteiger partial charge on any atom is -0.388 e.